The normalized spacial score (nSPS) is 22.2. The minimum Gasteiger partial charge on any atom is -0.314 e. The van der Waals surface area contributed by atoms with E-state index >= 15 is 0 Å². The quantitative estimate of drug-likeness (QED) is 0.830. The maximum Gasteiger partial charge on any atom is 0.00420 e. The van der Waals surface area contributed by atoms with Gasteiger partial charge in [-0.2, -0.15) is 0 Å². The molecule has 1 aliphatic rings. The lowest BCUT2D eigenvalue weighted by Crippen LogP contribution is -2.32. The molecule has 2 atom stereocenters. The van der Waals surface area contributed by atoms with E-state index in [0.29, 0.717) is 6.04 Å². The van der Waals surface area contributed by atoms with Gasteiger partial charge in [-0.05, 0) is 57.8 Å². The molecule has 2 rings (SSSR count). The number of nitrogens with zero attached hydrogens (tertiary/aromatic N) is 1. The van der Waals surface area contributed by atoms with Gasteiger partial charge < -0.3 is 10.2 Å². The third-order valence-electron chi connectivity index (χ3n) is 3.95. The van der Waals surface area contributed by atoms with Crippen molar-refractivity contribution in [3.8, 4) is 0 Å². The minimum absolute atomic E-state index is 0.621. The monoisotopic (exact) mass is 246 g/mol. The zero-order chi connectivity index (χ0) is 12.8. The Morgan fingerprint density at radius 2 is 2.11 bits per heavy atom. The molecule has 0 aromatic heterocycles. The van der Waals surface area contributed by atoms with Gasteiger partial charge >= 0.3 is 0 Å². The highest BCUT2D eigenvalue weighted by Gasteiger charge is 2.19. The second kappa shape index (κ2) is 6.91. The average molecular weight is 246 g/mol. The summed E-state index contributed by atoms with van der Waals surface area (Å²) in [7, 11) is 2.22. The standard InChI is InChI=1S/C16H26N2/c1-14(8-9-15-6-4-3-5-7-15)17-12-16-10-11-18(2)13-16/h3-7,14,16-17H,8-13H2,1-2H3. The second-order valence-electron chi connectivity index (χ2n) is 5.75. The third-order valence-corrected chi connectivity index (χ3v) is 3.95. The van der Waals surface area contributed by atoms with Crippen LogP contribution in [-0.2, 0) is 6.42 Å². The zero-order valence-corrected chi connectivity index (χ0v) is 11.7. The number of benzene rings is 1. The molecule has 1 aromatic rings. The largest absolute Gasteiger partial charge is 0.314 e. The van der Waals surface area contributed by atoms with E-state index in [4.69, 9.17) is 0 Å². The van der Waals surface area contributed by atoms with Gasteiger partial charge in [-0.15, -0.1) is 0 Å². The van der Waals surface area contributed by atoms with Gasteiger partial charge in [0.05, 0.1) is 0 Å². The first-order valence-electron chi connectivity index (χ1n) is 7.20. The van der Waals surface area contributed by atoms with Crippen molar-refractivity contribution in [3.63, 3.8) is 0 Å². The molecule has 1 fully saturated rings. The van der Waals surface area contributed by atoms with Crippen LogP contribution < -0.4 is 5.32 Å². The number of rotatable bonds is 6. The molecule has 0 spiro atoms. The summed E-state index contributed by atoms with van der Waals surface area (Å²) in [4.78, 5) is 2.43. The number of aryl methyl sites for hydroxylation is 1. The van der Waals surface area contributed by atoms with Crippen molar-refractivity contribution in [1.29, 1.82) is 0 Å². The van der Waals surface area contributed by atoms with Crippen LogP contribution in [0.4, 0.5) is 0 Å². The first kappa shape index (κ1) is 13.6. The highest BCUT2D eigenvalue weighted by molar-refractivity contribution is 5.14. The molecule has 18 heavy (non-hydrogen) atoms. The van der Waals surface area contributed by atoms with Crippen molar-refractivity contribution < 1.29 is 0 Å². The van der Waals surface area contributed by atoms with E-state index in [1.165, 1.54) is 44.5 Å². The topological polar surface area (TPSA) is 15.3 Å². The fourth-order valence-electron chi connectivity index (χ4n) is 2.69. The lowest BCUT2D eigenvalue weighted by atomic mass is 10.0. The number of hydrogen-bond donors (Lipinski definition) is 1. The van der Waals surface area contributed by atoms with Crippen LogP contribution in [0.25, 0.3) is 0 Å². The van der Waals surface area contributed by atoms with E-state index in [0.717, 1.165) is 5.92 Å². The first-order valence-corrected chi connectivity index (χ1v) is 7.20. The highest BCUT2D eigenvalue weighted by Crippen LogP contribution is 2.13. The molecule has 2 heteroatoms. The van der Waals surface area contributed by atoms with Crippen molar-refractivity contribution in [1.82, 2.24) is 10.2 Å². The summed E-state index contributed by atoms with van der Waals surface area (Å²) in [5, 5.41) is 3.69. The Morgan fingerprint density at radius 1 is 1.33 bits per heavy atom. The fraction of sp³-hybridized carbons (Fsp3) is 0.625. The molecule has 1 saturated heterocycles. The molecule has 2 unspecified atom stereocenters. The summed E-state index contributed by atoms with van der Waals surface area (Å²) in [5.41, 5.74) is 1.45. The van der Waals surface area contributed by atoms with Gasteiger partial charge in [-0.3, -0.25) is 0 Å². The summed E-state index contributed by atoms with van der Waals surface area (Å²) < 4.78 is 0. The summed E-state index contributed by atoms with van der Waals surface area (Å²) in [5.74, 6) is 0.856. The zero-order valence-electron chi connectivity index (χ0n) is 11.7. The Kier molecular flexibility index (Phi) is 5.21. The lowest BCUT2D eigenvalue weighted by Gasteiger charge is -2.17. The number of nitrogens with one attached hydrogen (secondary N) is 1. The predicted octanol–water partition coefficient (Wildman–Crippen LogP) is 2.55. The number of hydrogen-bond acceptors (Lipinski definition) is 2. The summed E-state index contributed by atoms with van der Waals surface area (Å²) >= 11 is 0. The van der Waals surface area contributed by atoms with Crippen LogP contribution in [0.2, 0.25) is 0 Å². The van der Waals surface area contributed by atoms with Crippen LogP contribution in [0.3, 0.4) is 0 Å². The Bertz CT molecular complexity index is 336. The third kappa shape index (κ3) is 4.43. The summed E-state index contributed by atoms with van der Waals surface area (Å²) in [6.07, 6.45) is 3.76. The van der Waals surface area contributed by atoms with Crippen LogP contribution in [0, 0.1) is 5.92 Å². The molecule has 1 aromatic carbocycles. The maximum absolute atomic E-state index is 3.69. The van der Waals surface area contributed by atoms with Crippen LogP contribution in [0.15, 0.2) is 30.3 Å². The Balaban J connectivity index is 1.62. The van der Waals surface area contributed by atoms with Gasteiger partial charge in [0.25, 0.3) is 0 Å². The van der Waals surface area contributed by atoms with Gasteiger partial charge in [0.1, 0.15) is 0 Å². The van der Waals surface area contributed by atoms with E-state index in [1.807, 2.05) is 0 Å². The van der Waals surface area contributed by atoms with Gasteiger partial charge in [0, 0.05) is 12.6 Å². The minimum atomic E-state index is 0.621. The average Bonchev–Trinajstić information content (AvgIpc) is 2.81. The van der Waals surface area contributed by atoms with E-state index < -0.39 is 0 Å². The van der Waals surface area contributed by atoms with Crippen LogP contribution >= 0.6 is 0 Å². The molecule has 0 aliphatic carbocycles. The van der Waals surface area contributed by atoms with E-state index in [1.54, 1.807) is 0 Å². The summed E-state index contributed by atoms with van der Waals surface area (Å²) in [6.45, 7) is 6.02. The smallest absolute Gasteiger partial charge is 0.00420 e. The highest BCUT2D eigenvalue weighted by atomic mass is 15.1. The van der Waals surface area contributed by atoms with E-state index in [9.17, 15) is 0 Å². The van der Waals surface area contributed by atoms with Gasteiger partial charge in [-0.25, -0.2) is 0 Å². The lowest BCUT2D eigenvalue weighted by molar-refractivity contribution is 0.378. The Morgan fingerprint density at radius 3 is 2.78 bits per heavy atom. The molecule has 0 saturated carbocycles. The first-order chi connectivity index (χ1) is 8.74. The fourth-order valence-corrected chi connectivity index (χ4v) is 2.69. The maximum atomic E-state index is 3.69. The molecule has 1 N–H and O–H groups in total. The molecular formula is C16H26N2. The van der Waals surface area contributed by atoms with E-state index in [2.05, 4.69) is 54.5 Å². The molecule has 1 heterocycles. The van der Waals surface area contributed by atoms with Crippen molar-refractivity contribution in [3.05, 3.63) is 35.9 Å². The Labute approximate surface area is 111 Å². The Hall–Kier alpha value is -0.860. The van der Waals surface area contributed by atoms with Crippen LogP contribution in [-0.4, -0.2) is 37.6 Å². The van der Waals surface area contributed by atoms with Gasteiger partial charge in [0.15, 0.2) is 0 Å². The molecule has 0 amide bonds. The molecular weight excluding hydrogens is 220 g/mol. The SMILES string of the molecule is CC(CCc1ccccc1)NCC1CCN(C)C1. The van der Waals surface area contributed by atoms with Crippen LogP contribution in [0.5, 0.6) is 0 Å². The van der Waals surface area contributed by atoms with Crippen molar-refractivity contribution >= 4 is 0 Å². The van der Waals surface area contributed by atoms with Crippen molar-refractivity contribution in [2.45, 2.75) is 32.2 Å². The van der Waals surface area contributed by atoms with Gasteiger partial charge in [0.2, 0.25) is 0 Å². The molecule has 100 valence electrons. The van der Waals surface area contributed by atoms with Gasteiger partial charge in [-0.1, -0.05) is 30.3 Å². The molecule has 1 aliphatic heterocycles. The second-order valence-corrected chi connectivity index (χ2v) is 5.75. The number of likely N-dealkylation sites (tertiary alicyclic amines) is 1. The van der Waals surface area contributed by atoms with E-state index in [-0.39, 0.29) is 0 Å². The van der Waals surface area contributed by atoms with Crippen LogP contribution in [0.1, 0.15) is 25.3 Å². The van der Waals surface area contributed by atoms with Crippen molar-refractivity contribution in [2.75, 3.05) is 26.7 Å². The van der Waals surface area contributed by atoms with Crippen molar-refractivity contribution in [2.24, 2.45) is 5.92 Å². The molecule has 2 nitrogen and oxygen atoms in total. The summed E-state index contributed by atoms with van der Waals surface area (Å²) in [6, 6.07) is 11.4. The molecule has 0 bridgehead atoms. The predicted molar refractivity (Wildman–Crippen MR) is 77.8 cm³/mol. The molecule has 0 radical (unpaired) electrons.